The molecule has 1 aliphatic heterocycles. The number of carbonyl (C=O) groups excluding carboxylic acids is 2. The van der Waals surface area contributed by atoms with Crippen LogP contribution in [0.1, 0.15) is 52.2 Å². The van der Waals surface area contributed by atoms with Crippen molar-refractivity contribution in [3.63, 3.8) is 0 Å². The number of benzene rings is 2. The smallest absolute Gasteiger partial charge is 0.254 e. The van der Waals surface area contributed by atoms with Crippen LogP contribution in [-0.4, -0.2) is 41.2 Å². The monoisotopic (exact) mass is 518 g/mol. The van der Waals surface area contributed by atoms with Gasteiger partial charge in [-0.15, -0.1) is 11.3 Å². The van der Waals surface area contributed by atoms with Crippen LogP contribution < -0.4 is 0 Å². The molecule has 1 aliphatic rings. The zero-order chi connectivity index (χ0) is 24.2. The minimum atomic E-state index is -0.407. The quantitative estimate of drug-likeness (QED) is 0.353. The minimum absolute atomic E-state index is 0.0581. The van der Waals surface area contributed by atoms with E-state index in [0.717, 1.165) is 30.4 Å². The van der Waals surface area contributed by atoms with Crippen LogP contribution >= 0.6 is 34.5 Å². The van der Waals surface area contributed by atoms with Crippen molar-refractivity contribution in [1.82, 2.24) is 9.80 Å². The van der Waals surface area contributed by atoms with Gasteiger partial charge in [-0.25, -0.2) is 4.39 Å². The topological polar surface area (TPSA) is 40.6 Å². The fraction of sp³-hybridized carbons (Fsp3) is 0.308. The summed E-state index contributed by atoms with van der Waals surface area (Å²) in [6.07, 6.45) is 2.40. The van der Waals surface area contributed by atoms with Crippen molar-refractivity contribution in [2.75, 3.05) is 19.6 Å². The molecular weight excluding hydrogens is 494 g/mol. The van der Waals surface area contributed by atoms with Crippen LogP contribution in [0.3, 0.4) is 0 Å². The van der Waals surface area contributed by atoms with E-state index in [-0.39, 0.29) is 24.4 Å². The highest BCUT2D eigenvalue weighted by Gasteiger charge is 2.35. The Morgan fingerprint density at radius 1 is 1.12 bits per heavy atom. The predicted molar refractivity (Wildman–Crippen MR) is 135 cm³/mol. The van der Waals surface area contributed by atoms with Gasteiger partial charge in [0.2, 0.25) is 5.91 Å². The Kier molecular flexibility index (Phi) is 7.91. The van der Waals surface area contributed by atoms with Crippen LogP contribution in [0.5, 0.6) is 0 Å². The highest BCUT2D eigenvalue weighted by molar-refractivity contribution is 7.10. The number of nitrogens with zero attached hydrogens (tertiary/aromatic N) is 2. The van der Waals surface area contributed by atoms with E-state index in [1.807, 2.05) is 24.4 Å². The van der Waals surface area contributed by atoms with E-state index in [0.29, 0.717) is 28.7 Å². The molecule has 0 aliphatic carbocycles. The van der Waals surface area contributed by atoms with Gasteiger partial charge in [-0.3, -0.25) is 9.59 Å². The van der Waals surface area contributed by atoms with Crippen LogP contribution in [0, 0.1) is 5.82 Å². The van der Waals surface area contributed by atoms with Gasteiger partial charge in [0.15, 0.2) is 0 Å². The van der Waals surface area contributed by atoms with E-state index in [9.17, 15) is 14.0 Å². The summed E-state index contributed by atoms with van der Waals surface area (Å²) in [6.45, 7) is 2.95. The molecule has 2 heterocycles. The molecule has 0 spiro atoms. The second kappa shape index (κ2) is 10.9. The second-order valence-corrected chi connectivity index (χ2v) is 10.1. The number of unbranched alkanes of at least 4 members (excludes halogenated alkanes) is 1. The maximum absolute atomic E-state index is 13.7. The highest BCUT2D eigenvalue weighted by Crippen LogP contribution is 2.41. The first kappa shape index (κ1) is 24.7. The van der Waals surface area contributed by atoms with Crippen molar-refractivity contribution in [2.24, 2.45) is 0 Å². The van der Waals surface area contributed by atoms with Gasteiger partial charge in [0, 0.05) is 33.6 Å². The Morgan fingerprint density at radius 2 is 1.88 bits per heavy atom. The first-order valence-electron chi connectivity index (χ1n) is 11.2. The average molecular weight is 519 g/mol. The maximum Gasteiger partial charge on any atom is 0.254 e. The molecule has 8 heteroatoms. The molecule has 1 atom stereocenters. The Balaban J connectivity index is 1.63. The lowest BCUT2D eigenvalue weighted by Crippen LogP contribution is -2.47. The van der Waals surface area contributed by atoms with Crippen molar-refractivity contribution < 1.29 is 14.0 Å². The van der Waals surface area contributed by atoms with Crippen LogP contribution in [0.25, 0.3) is 0 Å². The van der Waals surface area contributed by atoms with Crippen LogP contribution in [0.2, 0.25) is 10.0 Å². The third-order valence-electron chi connectivity index (χ3n) is 6.03. The number of thiophene rings is 1. The highest BCUT2D eigenvalue weighted by atomic mass is 35.5. The molecular formula is C26H25Cl2FN2O2S. The van der Waals surface area contributed by atoms with E-state index in [2.05, 4.69) is 0 Å². The number of halogens is 3. The molecule has 0 fully saturated rings. The van der Waals surface area contributed by atoms with Crippen LogP contribution in [0.15, 0.2) is 53.9 Å². The first-order chi connectivity index (χ1) is 16.4. The third kappa shape index (κ3) is 5.29. The number of amides is 2. The molecule has 2 amide bonds. The minimum Gasteiger partial charge on any atom is -0.330 e. The van der Waals surface area contributed by atoms with Gasteiger partial charge >= 0.3 is 0 Å². The molecule has 178 valence electrons. The summed E-state index contributed by atoms with van der Waals surface area (Å²) in [5.41, 5.74) is 2.23. The van der Waals surface area contributed by atoms with Crippen LogP contribution in [0.4, 0.5) is 4.39 Å². The van der Waals surface area contributed by atoms with Gasteiger partial charge < -0.3 is 9.80 Å². The summed E-state index contributed by atoms with van der Waals surface area (Å²) in [5.74, 6) is -0.842. The van der Waals surface area contributed by atoms with Crippen molar-refractivity contribution in [3.05, 3.63) is 91.3 Å². The molecule has 0 saturated heterocycles. The molecule has 2 aromatic carbocycles. The fourth-order valence-corrected chi connectivity index (χ4v) is 5.69. The van der Waals surface area contributed by atoms with Crippen molar-refractivity contribution >= 4 is 46.4 Å². The van der Waals surface area contributed by atoms with Gasteiger partial charge in [0.05, 0.1) is 6.04 Å². The summed E-state index contributed by atoms with van der Waals surface area (Å²) in [5, 5.41) is 3.06. The number of hydrogen-bond acceptors (Lipinski definition) is 3. The molecule has 1 unspecified atom stereocenters. The summed E-state index contributed by atoms with van der Waals surface area (Å²) in [6, 6.07) is 12.4. The zero-order valence-corrected chi connectivity index (χ0v) is 21.1. The standard InChI is InChI=1S/C26H25Cl2FN2O2S/c1-2-3-12-30(26(33)17-4-7-19(29)8-5-17)16-24(32)31-13-10-23-21(11-14-34-23)25(31)20-9-6-18(27)15-22(20)28/h4-9,11,14-15,25H,2-3,10,12-13,16H2,1H3. The largest absolute Gasteiger partial charge is 0.330 e. The Bertz CT molecular complexity index is 1180. The first-order valence-corrected chi connectivity index (χ1v) is 12.9. The third-order valence-corrected chi connectivity index (χ3v) is 7.59. The molecule has 0 N–H and O–H groups in total. The maximum atomic E-state index is 13.7. The van der Waals surface area contributed by atoms with Crippen LogP contribution in [-0.2, 0) is 11.2 Å². The molecule has 0 bridgehead atoms. The molecule has 4 rings (SSSR count). The summed E-state index contributed by atoms with van der Waals surface area (Å²) >= 11 is 14.4. The van der Waals surface area contributed by atoms with Crippen molar-refractivity contribution in [2.45, 2.75) is 32.2 Å². The van der Waals surface area contributed by atoms with Crippen molar-refractivity contribution in [1.29, 1.82) is 0 Å². The summed E-state index contributed by atoms with van der Waals surface area (Å²) in [7, 11) is 0. The number of carbonyl (C=O) groups is 2. The Labute approximate surface area is 212 Å². The second-order valence-electron chi connectivity index (χ2n) is 8.29. The van der Waals surface area contributed by atoms with Gasteiger partial charge in [-0.05, 0) is 71.8 Å². The fourth-order valence-electron chi connectivity index (χ4n) is 4.27. The average Bonchev–Trinajstić information content (AvgIpc) is 3.30. The number of rotatable bonds is 7. The van der Waals surface area contributed by atoms with Crippen molar-refractivity contribution in [3.8, 4) is 0 Å². The van der Waals surface area contributed by atoms with E-state index in [1.54, 1.807) is 33.3 Å². The Morgan fingerprint density at radius 3 is 2.59 bits per heavy atom. The summed E-state index contributed by atoms with van der Waals surface area (Å²) < 4.78 is 13.4. The van der Waals surface area contributed by atoms with E-state index >= 15 is 0 Å². The molecule has 0 radical (unpaired) electrons. The predicted octanol–water partition coefficient (Wildman–Crippen LogP) is 6.61. The molecule has 4 nitrogen and oxygen atoms in total. The van der Waals surface area contributed by atoms with Gasteiger partial charge in [-0.2, -0.15) is 0 Å². The molecule has 0 saturated carbocycles. The molecule has 3 aromatic rings. The van der Waals surface area contributed by atoms with Gasteiger partial charge in [0.1, 0.15) is 12.4 Å². The van der Waals surface area contributed by atoms with E-state index in [4.69, 9.17) is 23.2 Å². The zero-order valence-electron chi connectivity index (χ0n) is 18.8. The number of hydrogen-bond donors (Lipinski definition) is 0. The molecule has 34 heavy (non-hydrogen) atoms. The normalized spacial score (nSPS) is 15.2. The Hall–Kier alpha value is -2.41. The lowest BCUT2D eigenvalue weighted by molar-refractivity contribution is -0.134. The summed E-state index contributed by atoms with van der Waals surface area (Å²) in [4.78, 5) is 31.4. The van der Waals surface area contributed by atoms with Gasteiger partial charge in [-0.1, -0.05) is 42.6 Å². The lowest BCUT2D eigenvalue weighted by Gasteiger charge is -2.38. The van der Waals surface area contributed by atoms with E-state index < -0.39 is 5.82 Å². The lowest BCUT2D eigenvalue weighted by atomic mass is 9.93. The number of fused-ring (bicyclic) bond motifs is 1. The molecule has 1 aromatic heterocycles. The SMILES string of the molecule is CCCCN(CC(=O)N1CCc2sccc2C1c1ccc(Cl)cc1Cl)C(=O)c1ccc(F)cc1. The van der Waals surface area contributed by atoms with Gasteiger partial charge in [0.25, 0.3) is 5.91 Å². The van der Waals surface area contributed by atoms with E-state index in [1.165, 1.54) is 29.1 Å².